The molecule has 2 rings (SSSR count). The van der Waals surface area contributed by atoms with Crippen LogP contribution in [0.15, 0.2) is 51.4 Å². The molecule has 0 saturated carbocycles. The lowest BCUT2D eigenvalue weighted by atomic mass is 10.1. The fourth-order valence-electron chi connectivity index (χ4n) is 2.47. The van der Waals surface area contributed by atoms with E-state index in [0.29, 0.717) is 12.6 Å². The first kappa shape index (κ1) is 18.5. The van der Waals surface area contributed by atoms with Gasteiger partial charge in [0, 0.05) is 22.6 Å². The van der Waals surface area contributed by atoms with Crippen molar-refractivity contribution in [3.8, 4) is 5.75 Å². The highest BCUT2D eigenvalue weighted by molar-refractivity contribution is 9.11. The molecule has 1 unspecified atom stereocenters. The van der Waals surface area contributed by atoms with Crippen LogP contribution >= 0.6 is 31.9 Å². The first-order valence-corrected chi connectivity index (χ1v) is 9.56. The Bertz CT molecular complexity index is 616. The van der Waals surface area contributed by atoms with Crippen LogP contribution in [0.4, 0.5) is 0 Å². The maximum Gasteiger partial charge on any atom is 0.138 e. The molecule has 0 aliphatic rings. The molecule has 0 radical (unpaired) electrons. The summed E-state index contributed by atoms with van der Waals surface area (Å²) in [7, 11) is 0. The van der Waals surface area contributed by atoms with Gasteiger partial charge in [-0.3, -0.25) is 0 Å². The molecule has 4 heteroatoms. The van der Waals surface area contributed by atoms with Gasteiger partial charge >= 0.3 is 0 Å². The lowest BCUT2D eigenvalue weighted by Crippen LogP contribution is -2.26. The number of benzene rings is 2. The zero-order valence-corrected chi connectivity index (χ0v) is 16.8. The van der Waals surface area contributed by atoms with Gasteiger partial charge < -0.3 is 10.1 Å². The predicted molar refractivity (Wildman–Crippen MR) is 104 cm³/mol. The number of halogens is 2. The molecule has 1 N–H and O–H groups in total. The minimum Gasteiger partial charge on any atom is -0.492 e. The van der Waals surface area contributed by atoms with Crippen molar-refractivity contribution in [3.63, 3.8) is 0 Å². The normalized spacial score (nSPS) is 12.2. The zero-order chi connectivity index (χ0) is 16.7. The topological polar surface area (TPSA) is 21.3 Å². The second-order valence-corrected chi connectivity index (χ2v) is 7.39. The van der Waals surface area contributed by atoms with Gasteiger partial charge in [-0.05, 0) is 60.3 Å². The minimum atomic E-state index is 0.447. The monoisotopic (exact) mass is 439 g/mol. The van der Waals surface area contributed by atoms with Crippen molar-refractivity contribution < 1.29 is 4.74 Å². The summed E-state index contributed by atoms with van der Waals surface area (Å²) < 4.78 is 7.82. The third-order valence-corrected chi connectivity index (χ3v) is 4.77. The average molecular weight is 441 g/mol. The standard InChI is InChI=1S/C19H23Br2NO/c1-3-23-19-16(11-17(20)12-18(19)21)13-22-14(2)9-10-15-7-5-4-6-8-15/h4-8,11-12,14,22H,3,9-10,13H2,1-2H3. The van der Waals surface area contributed by atoms with Crippen LogP contribution < -0.4 is 10.1 Å². The molecule has 0 aliphatic carbocycles. The first-order valence-electron chi connectivity index (χ1n) is 7.98. The minimum absolute atomic E-state index is 0.447. The summed E-state index contributed by atoms with van der Waals surface area (Å²) in [5.41, 5.74) is 2.56. The van der Waals surface area contributed by atoms with Crippen molar-refractivity contribution in [1.29, 1.82) is 0 Å². The van der Waals surface area contributed by atoms with Crippen LogP contribution in [0.2, 0.25) is 0 Å². The summed E-state index contributed by atoms with van der Waals surface area (Å²) >= 11 is 7.14. The number of hydrogen-bond acceptors (Lipinski definition) is 2. The lowest BCUT2D eigenvalue weighted by molar-refractivity contribution is 0.332. The van der Waals surface area contributed by atoms with Gasteiger partial charge in [0.15, 0.2) is 0 Å². The lowest BCUT2D eigenvalue weighted by Gasteiger charge is -2.17. The van der Waals surface area contributed by atoms with Gasteiger partial charge in [-0.1, -0.05) is 46.3 Å². The first-order chi connectivity index (χ1) is 11.1. The summed E-state index contributed by atoms with van der Waals surface area (Å²) in [6, 6.07) is 15.2. The molecule has 0 saturated heterocycles. The van der Waals surface area contributed by atoms with E-state index in [1.54, 1.807) is 0 Å². The van der Waals surface area contributed by atoms with E-state index in [2.05, 4.69) is 80.5 Å². The van der Waals surface area contributed by atoms with Crippen LogP contribution in [0.25, 0.3) is 0 Å². The van der Waals surface area contributed by atoms with E-state index >= 15 is 0 Å². The Labute approximate surface area is 155 Å². The Morgan fingerprint density at radius 3 is 2.57 bits per heavy atom. The Hall–Kier alpha value is -0.840. The summed E-state index contributed by atoms with van der Waals surface area (Å²) in [6.07, 6.45) is 2.21. The molecule has 23 heavy (non-hydrogen) atoms. The van der Waals surface area contributed by atoms with Gasteiger partial charge in [-0.25, -0.2) is 0 Å². The molecule has 0 amide bonds. The van der Waals surface area contributed by atoms with Gasteiger partial charge in [0.2, 0.25) is 0 Å². The smallest absolute Gasteiger partial charge is 0.138 e. The van der Waals surface area contributed by atoms with Crippen molar-refractivity contribution in [2.24, 2.45) is 0 Å². The van der Waals surface area contributed by atoms with Gasteiger partial charge in [0.05, 0.1) is 11.1 Å². The molecule has 0 aromatic heterocycles. The molecule has 0 spiro atoms. The maximum atomic E-state index is 5.78. The van der Waals surface area contributed by atoms with Crippen molar-refractivity contribution in [2.75, 3.05) is 6.61 Å². The number of ether oxygens (including phenoxy) is 1. The van der Waals surface area contributed by atoms with Crippen molar-refractivity contribution >= 4 is 31.9 Å². The third kappa shape index (κ3) is 5.94. The Morgan fingerprint density at radius 1 is 1.13 bits per heavy atom. The number of rotatable bonds is 8. The van der Waals surface area contributed by atoms with Crippen molar-refractivity contribution in [1.82, 2.24) is 5.32 Å². The van der Waals surface area contributed by atoms with Crippen LogP contribution in [-0.2, 0) is 13.0 Å². The average Bonchev–Trinajstić information content (AvgIpc) is 2.54. The van der Waals surface area contributed by atoms with Gasteiger partial charge in [0.1, 0.15) is 5.75 Å². The van der Waals surface area contributed by atoms with E-state index in [0.717, 1.165) is 34.1 Å². The number of hydrogen-bond donors (Lipinski definition) is 1. The van der Waals surface area contributed by atoms with E-state index in [1.807, 2.05) is 13.0 Å². The van der Waals surface area contributed by atoms with Crippen molar-refractivity contribution in [2.45, 2.75) is 39.3 Å². The fourth-order valence-corrected chi connectivity index (χ4v) is 3.89. The van der Waals surface area contributed by atoms with Gasteiger partial charge in [0.25, 0.3) is 0 Å². The highest BCUT2D eigenvalue weighted by Crippen LogP contribution is 2.33. The van der Waals surface area contributed by atoms with Crippen LogP contribution in [-0.4, -0.2) is 12.6 Å². The highest BCUT2D eigenvalue weighted by atomic mass is 79.9. The molecule has 0 aliphatic heterocycles. The molecule has 2 nitrogen and oxygen atoms in total. The zero-order valence-electron chi connectivity index (χ0n) is 13.6. The summed E-state index contributed by atoms with van der Waals surface area (Å²) in [5, 5.41) is 3.60. The van der Waals surface area contributed by atoms with Crippen LogP contribution in [0.3, 0.4) is 0 Å². The molecule has 2 aromatic rings. The molecule has 0 heterocycles. The molecular weight excluding hydrogens is 418 g/mol. The maximum absolute atomic E-state index is 5.78. The Balaban J connectivity index is 1.92. The fraction of sp³-hybridized carbons (Fsp3) is 0.368. The van der Waals surface area contributed by atoms with Gasteiger partial charge in [-0.15, -0.1) is 0 Å². The Morgan fingerprint density at radius 2 is 1.87 bits per heavy atom. The predicted octanol–water partition coefficient (Wildman–Crippen LogP) is 5.72. The highest BCUT2D eigenvalue weighted by Gasteiger charge is 2.11. The third-order valence-electron chi connectivity index (χ3n) is 3.72. The summed E-state index contributed by atoms with van der Waals surface area (Å²) in [4.78, 5) is 0. The second-order valence-electron chi connectivity index (χ2n) is 5.62. The molecule has 2 aromatic carbocycles. The number of aryl methyl sites for hydroxylation is 1. The number of nitrogens with one attached hydrogen (secondary N) is 1. The molecule has 0 bridgehead atoms. The van der Waals surface area contributed by atoms with E-state index in [9.17, 15) is 0 Å². The summed E-state index contributed by atoms with van der Waals surface area (Å²) in [6.45, 7) is 5.70. The Kier molecular flexibility index (Phi) is 7.60. The van der Waals surface area contributed by atoms with E-state index in [1.165, 1.54) is 11.1 Å². The molecule has 0 fully saturated rings. The second kappa shape index (κ2) is 9.45. The quantitative estimate of drug-likeness (QED) is 0.566. The molecular formula is C19H23Br2NO. The van der Waals surface area contributed by atoms with E-state index < -0.39 is 0 Å². The van der Waals surface area contributed by atoms with Crippen LogP contribution in [0.1, 0.15) is 31.4 Å². The van der Waals surface area contributed by atoms with Crippen LogP contribution in [0.5, 0.6) is 5.75 Å². The van der Waals surface area contributed by atoms with Crippen molar-refractivity contribution in [3.05, 3.63) is 62.5 Å². The molecule has 1 atom stereocenters. The molecule has 124 valence electrons. The summed E-state index contributed by atoms with van der Waals surface area (Å²) in [5.74, 6) is 0.929. The van der Waals surface area contributed by atoms with Crippen LogP contribution in [0, 0.1) is 0 Å². The van der Waals surface area contributed by atoms with E-state index in [-0.39, 0.29) is 0 Å². The van der Waals surface area contributed by atoms with E-state index in [4.69, 9.17) is 4.74 Å². The van der Waals surface area contributed by atoms with Gasteiger partial charge in [-0.2, -0.15) is 0 Å². The SMILES string of the molecule is CCOc1c(Br)cc(Br)cc1CNC(C)CCc1ccccc1. The largest absolute Gasteiger partial charge is 0.492 e.